The Morgan fingerprint density at radius 1 is 1.24 bits per heavy atom. The molecule has 0 aliphatic carbocycles. The average molecular weight is 457 g/mol. The van der Waals surface area contributed by atoms with Gasteiger partial charge in [-0.1, -0.05) is 34.1 Å². The number of amides is 1. The number of H-pyrrole nitrogens is 1. The van der Waals surface area contributed by atoms with E-state index in [1.54, 1.807) is 12.1 Å². The van der Waals surface area contributed by atoms with Crippen molar-refractivity contribution in [2.45, 2.75) is 25.3 Å². The molecule has 1 aromatic heterocycles. The minimum Gasteiger partial charge on any atom is -0.353 e. The van der Waals surface area contributed by atoms with Crippen LogP contribution < -0.4 is 10.2 Å². The van der Waals surface area contributed by atoms with Gasteiger partial charge in [0.2, 0.25) is 5.91 Å². The number of rotatable bonds is 5. The smallest absolute Gasteiger partial charge is 0.224 e. The number of carbonyl (C=O) groups excluding carboxylic acids is 1. The predicted octanol–water partition coefficient (Wildman–Crippen LogP) is 4.31. The Balaban J connectivity index is 1.38. The molecule has 1 aliphatic heterocycles. The Morgan fingerprint density at radius 3 is 2.83 bits per heavy atom. The second kappa shape index (κ2) is 8.78. The SMILES string of the molecule is O=C(Cc1ccccc1Br)NC1CCCN(c2cc(-c3ccc(F)cc3)[nH]n2)C1. The monoisotopic (exact) mass is 456 g/mol. The lowest BCUT2D eigenvalue weighted by Crippen LogP contribution is -2.48. The van der Waals surface area contributed by atoms with Crippen molar-refractivity contribution in [1.82, 2.24) is 15.5 Å². The number of benzene rings is 2. The predicted molar refractivity (Wildman–Crippen MR) is 115 cm³/mol. The van der Waals surface area contributed by atoms with Crippen molar-refractivity contribution < 1.29 is 9.18 Å². The molecule has 4 rings (SSSR count). The number of anilines is 1. The van der Waals surface area contributed by atoms with Crippen LogP contribution in [-0.2, 0) is 11.2 Å². The first-order valence-corrected chi connectivity index (χ1v) is 10.5. The van der Waals surface area contributed by atoms with E-state index in [-0.39, 0.29) is 17.8 Å². The molecule has 2 heterocycles. The number of nitrogens with one attached hydrogen (secondary N) is 2. The van der Waals surface area contributed by atoms with Crippen molar-refractivity contribution in [3.8, 4) is 11.3 Å². The van der Waals surface area contributed by atoms with Crippen molar-refractivity contribution in [2.75, 3.05) is 18.0 Å². The van der Waals surface area contributed by atoms with Crippen LogP contribution in [0, 0.1) is 5.82 Å². The molecule has 1 amide bonds. The summed E-state index contributed by atoms with van der Waals surface area (Å²) in [4.78, 5) is 14.7. The van der Waals surface area contributed by atoms with E-state index >= 15 is 0 Å². The van der Waals surface area contributed by atoms with Crippen LogP contribution in [0.2, 0.25) is 0 Å². The van der Waals surface area contributed by atoms with E-state index in [9.17, 15) is 9.18 Å². The highest BCUT2D eigenvalue weighted by Crippen LogP contribution is 2.24. The van der Waals surface area contributed by atoms with E-state index < -0.39 is 0 Å². The molecule has 5 nitrogen and oxygen atoms in total. The summed E-state index contributed by atoms with van der Waals surface area (Å²) in [6.45, 7) is 1.61. The first-order chi connectivity index (χ1) is 14.1. The summed E-state index contributed by atoms with van der Waals surface area (Å²) < 4.78 is 14.1. The van der Waals surface area contributed by atoms with E-state index in [4.69, 9.17) is 0 Å². The van der Waals surface area contributed by atoms with Crippen molar-refractivity contribution in [1.29, 1.82) is 0 Å². The molecule has 150 valence electrons. The standard InChI is InChI=1S/C22H22BrFN4O/c23-19-6-2-1-4-16(19)12-22(29)25-18-5-3-11-28(14-18)21-13-20(26-27-21)15-7-9-17(24)10-8-15/h1-2,4,6-10,13,18H,3,5,11-12,14H2,(H,25,29)(H,26,27). The van der Waals surface area contributed by atoms with Gasteiger partial charge in [0.05, 0.1) is 12.1 Å². The third-order valence-corrected chi connectivity index (χ3v) is 5.91. The third kappa shape index (κ3) is 4.85. The first kappa shape index (κ1) is 19.6. The number of piperidine rings is 1. The Hall–Kier alpha value is -2.67. The Kier molecular flexibility index (Phi) is 5.94. The highest BCUT2D eigenvalue weighted by molar-refractivity contribution is 9.10. The van der Waals surface area contributed by atoms with Crippen LogP contribution in [-0.4, -0.2) is 35.2 Å². The first-order valence-electron chi connectivity index (χ1n) is 9.67. The van der Waals surface area contributed by atoms with E-state index in [0.717, 1.165) is 53.0 Å². The molecule has 0 saturated carbocycles. The summed E-state index contributed by atoms with van der Waals surface area (Å²) in [6, 6.07) is 16.2. The summed E-state index contributed by atoms with van der Waals surface area (Å²) in [5, 5.41) is 10.6. The van der Waals surface area contributed by atoms with Gasteiger partial charge >= 0.3 is 0 Å². The lowest BCUT2D eigenvalue weighted by Gasteiger charge is -2.33. The van der Waals surface area contributed by atoms with E-state index in [1.165, 1.54) is 12.1 Å². The van der Waals surface area contributed by atoms with Crippen LogP contribution in [0.5, 0.6) is 0 Å². The van der Waals surface area contributed by atoms with Crippen molar-refractivity contribution in [2.24, 2.45) is 0 Å². The van der Waals surface area contributed by atoms with Gasteiger partial charge in [0.1, 0.15) is 5.82 Å². The van der Waals surface area contributed by atoms with Gasteiger partial charge in [0.15, 0.2) is 5.82 Å². The maximum atomic E-state index is 13.1. The molecule has 29 heavy (non-hydrogen) atoms. The fraction of sp³-hybridized carbons (Fsp3) is 0.273. The quantitative estimate of drug-likeness (QED) is 0.601. The molecule has 2 N–H and O–H groups in total. The van der Waals surface area contributed by atoms with Crippen LogP contribution in [0.1, 0.15) is 18.4 Å². The maximum absolute atomic E-state index is 13.1. The molecule has 1 atom stereocenters. The Morgan fingerprint density at radius 2 is 2.03 bits per heavy atom. The summed E-state index contributed by atoms with van der Waals surface area (Å²) in [5.41, 5.74) is 2.72. The van der Waals surface area contributed by atoms with Gasteiger partial charge in [0.25, 0.3) is 0 Å². The lowest BCUT2D eigenvalue weighted by atomic mass is 10.0. The molecule has 7 heteroatoms. The van der Waals surface area contributed by atoms with Crippen LogP contribution in [0.4, 0.5) is 10.2 Å². The molecule has 2 aromatic carbocycles. The topological polar surface area (TPSA) is 61.0 Å². The van der Waals surface area contributed by atoms with Crippen molar-refractivity contribution in [3.05, 3.63) is 70.5 Å². The zero-order valence-electron chi connectivity index (χ0n) is 15.9. The number of halogens is 2. The molecule has 0 spiro atoms. The molecule has 0 radical (unpaired) electrons. The summed E-state index contributed by atoms with van der Waals surface area (Å²) in [5.74, 6) is 0.609. The van der Waals surface area contributed by atoms with Crippen LogP contribution in [0.3, 0.4) is 0 Å². The third-order valence-electron chi connectivity index (χ3n) is 5.14. The molecule has 1 saturated heterocycles. The fourth-order valence-electron chi connectivity index (χ4n) is 3.65. The Bertz CT molecular complexity index is 988. The average Bonchev–Trinajstić information content (AvgIpc) is 3.21. The second-order valence-corrected chi connectivity index (χ2v) is 8.12. The van der Waals surface area contributed by atoms with Gasteiger partial charge < -0.3 is 10.2 Å². The van der Waals surface area contributed by atoms with Gasteiger partial charge in [-0.25, -0.2) is 4.39 Å². The van der Waals surface area contributed by atoms with E-state index in [1.807, 2.05) is 30.3 Å². The number of aromatic amines is 1. The number of aromatic nitrogens is 2. The largest absolute Gasteiger partial charge is 0.353 e. The molecule has 1 aliphatic rings. The number of hydrogen-bond donors (Lipinski definition) is 2. The van der Waals surface area contributed by atoms with Gasteiger partial charge in [-0.05, 0) is 54.3 Å². The molecular formula is C22H22BrFN4O. The van der Waals surface area contributed by atoms with Gasteiger partial charge in [-0.15, -0.1) is 0 Å². The normalized spacial score (nSPS) is 16.6. The number of carbonyl (C=O) groups is 1. The van der Waals surface area contributed by atoms with Crippen LogP contribution >= 0.6 is 15.9 Å². The van der Waals surface area contributed by atoms with Gasteiger partial charge in [-0.3, -0.25) is 9.89 Å². The molecule has 1 fully saturated rings. The highest BCUT2D eigenvalue weighted by atomic mass is 79.9. The molecule has 0 bridgehead atoms. The molecule has 3 aromatic rings. The summed E-state index contributed by atoms with van der Waals surface area (Å²) >= 11 is 3.49. The van der Waals surface area contributed by atoms with E-state index in [2.05, 4.69) is 36.3 Å². The summed E-state index contributed by atoms with van der Waals surface area (Å²) in [6.07, 6.45) is 2.29. The Labute approximate surface area is 177 Å². The summed E-state index contributed by atoms with van der Waals surface area (Å²) in [7, 11) is 0. The fourth-order valence-corrected chi connectivity index (χ4v) is 4.07. The molecular weight excluding hydrogens is 435 g/mol. The minimum absolute atomic E-state index is 0.0257. The minimum atomic E-state index is -0.259. The van der Waals surface area contributed by atoms with Gasteiger partial charge in [-0.2, -0.15) is 5.10 Å². The van der Waals surface area contributed by atoms with E-state index in [0.29, 0.717) is 6.42 Å². The zero-order chi connectivity index (χ0) is 20.2. The van der Waals surface area contributed by atoms with Crippen molar-refractivity contribution in [3.63, 3.8) is 0 Å². The molecule has 1 unspecified atom stereocenters. The van der Waals surface area contributed by atoms with Crippen LogP contribution in [0.25, 0.3) is 11.3 Å². The highest BCUT2D eigenvalue weighted by Gasteiger charge is 2.23. The second-order valence-electron chi connectivity index (χ2n) is 7.27. The lowest BCUT2D eigenvalue weighted by molar-refractivity contribution is -0.121. The van der Waals surface area contributed by atoms with Gasteiger partial charge in [0, 0.05) is 29.7 Å². The van der Waals surface area contributed by atoms with Crippen molar-refractivity contribution >= 4 is 27.7 Å². The number of nitrogens with zero attached hydrogens (tertiary/aromatic N) is 2. The number of hydrogen-bond acceptors (Lipinski definition) is 3. The maximum Gasteiger partial charge on any atom is 0.224 e. The van der Waals surface area contributed by atoms with Crippen LogP contribution in [0.15, 0.2) is 59.1 Å². The zero-order valence-corrected chi connectivity index (χ0v) is 17.5.